The molecule has 4 aliphatic heterocycles. The summed E-state index contributed by atoms with van der Waals surface area (Å²) in [5, 5.41) is 10.3. The third-order valence-corrected chi connectivity index (χ3v) is 10.3. The molecule has 0 spiro atoms. The van der Waals surface area contributed by atoms with E-state index in [2.05, 4.69) is 21.6 Å². The van der Waals surface area contributed by atoms with Crippen molar-refractivity contribution in [3.05, 3.63) is 87.3 Å². The second-order valence-corrected chi connectivity index (χ2v) is 13.3. The van der Waals surface area contributed by atoms with E-state index in [0.717, 1.165) is 79.4 Å². The Morgan fingerprint density at radius 1 is 1.04 bits per heavy atom. The Morgan fingerprint density at radius 2 is 1.93 bits per heavy atom. The van der Waals surface area contributed by atoms with Gasteiger partial charge in [-0.3, -0.25) is 4.90 Å². The average Bonchev–Trinajstić information content (AvgIpc) is 3.22. The second kappa shape index (κ2) is 12.6. The number of benzene rings is 2. The molecule has 1 N–H and O–H groups in total. The number of aromatic carboxylic acids is 1. The summed E-state index contributed by atoms with van der Waals surface area (Å²) in [5.41, 5.74) is 6.25. The Hall–Kier alpha value is -3.54. The Morgan fingerprint density at radius 3 is 2.70 bits per heavy atom. The van der Waals surface area contributed by atoms with Crippen LogP contribution in [0.5, 0.6) is 5.88 Å². The van der Waals surface area contributed by atoms with Crippen LogP contribution in [0.15, 0.2) is 48.5 Å². The predicted octanol–water partition coefficient (Wildman–Crippen LogP) is 5.40. The number of imidazole rings is 1. The summed E-state index contributed by atoms with van der Waals surface area (Å²) in [6.45, 7) is 6.91. The first kappa shape index (κ1) is 29.8. The fourth-order valence-electron chi connectivity index (χ4n) is 7.09. The molecule has 0 aliphatic carbocycles. The van der Waals surface area contributed by atoms with Gasteiger partial charge in [0.05, 0.1) is 67.9 Å². The number of ether oxygens (including phenoxy) is 4. The number of pyridine rings is 1. The summed E-state index contributed by atoms with van der Waals surface area (Å²) in [5.74, 6) is 1.57. The van der Waals surface area contributed by atoms with Crippen molar-refractivity contribution in [3.63, 3.8) is 0 Å². The van der Waals surface area contributed by atoms with E-state index in [1.165, 1.54) is 5.56 Å². The minimum Gasteiger partial charge on any atom is -0.478 e. The number of halogens is 1. The second-order valence-electron chi connectivity index (χ2n) is 12.9. The Labute approximate surface area is 272 Å². The van der Waals surface area contributed by atoms with Gasteiger partial charge in [-0.25, -0.2) is 14.8 Å². The first-order chi connectivity index (χ1) is 22.5. The lowest BCUT2D eigenvalue weighted by Gasteiger charge is -2.37. The molecule has 3 saturated heterocycles. The first-order valence-electron chi connectivity index (χ1n) is 16.1. The zero-order valence-corrected chi connectivity index (χ0v) is 26.3. The number of carboxylic acids is 1. The summed E-state index contributed by atoms with van der Waals surface area (Å²) in [4.78, 5) is 24.1. The van der Waals surface area contributed by atoms with Gasteiger partial charge in [-0.1, -0.05) is 23.7 Å². The van der Waals surface area contributed by atoms with Gasteiger partial charge in [0.15, 0.2) is 0 Å². The molecule has 8 rings (SSSR count). The van der Waals surface area contributed by atoms with Gasteiger partial charge in [-0.2, -0.15) is 0 Å². The normalized spacial score (nSPS) is 23.2. The monoisotopic (exact) mass is 644 g/mol. The molecule has 0 amide bonds. The number of fused-ring (bicyclic) bond motifs is 4. The lowest BCUT2D eigenvalue weighted by atomic mass is 9.82. The van der Waals surface area contributed by atoms with Crippen molar-refractivity contribution >= 4 is 28.6 Å². The molecule has 46 heavy (non-hydrogen) atoms. The molecule has 2 aromatic heterocycles. The lowest BCUT2D eigenvalue weighted by molar-refractivity contribution is -0.0592. The quantitative estimate of drug-likeness (QED) is 0.256. The van der Waals surface area contributed by atoms with E-state index in [4.69, 9.17) is 40.5 Å². The van der Waals surface area contributed by atoms with Crippen LogP contribution in [-0.2, 0) is 40.5 Å². The molecule has 2 aromatic carbocycles. The highest BCUT2D eigenvalue weighted by Gasteiger charge is 2.36. The zero-order chi connectivity index (χ0) is 31.2. The van der Waals surface area contributed by atoms with E-state index >= 15 is 0 Å². The van der Waals surface area contributed by atoms with Crippen molar-refractivity contribution < 1.29 is 28.8 Å². The number of nitrogens with zero attached hydrogens (tertiary/aromatic N) is 4. The topological polar surface area (TPSA) is 108 Å². The molecular formula is C35H37ClN4O6. The number of carbonyl (C=O) groups is 1. The van der Waals surface area contributed by atoms with E-state index in [9.17, 15) is 9.90 Å². The highest BCUT2D eigenvalue weighted by atomic mass is 35.5. The molecule has 0 saturated carbocycles. The molecule has 4 aliphatic rings. The van der Waals surface area contributed by atoms with Gasteiger partial charge in [0.25, 0.3) is 0 Å². The molecule has 10 nitrogen and oxygen atoms in total. The van der Waals surface area contributed by atoms with Gasteiger partial charge in [0, 0.05) is 47.6 Å². The number of carboxylic acid groups (broad SMARTS) is 1. The fraction of sp³-hybridized carbons (Fsp3) is 0.457. The van der Waals surface area contributed by atoms with Gasteiger partial charge in [0.2, 0.25) is 5.88 Å². The third kappa shape index (κ3) is 5.89. The van der Waals surface area contributed by atoms with Crippen molar-refractivity contribution in [1.29, 1.82) is 0 Å². The van der Waals surface area contributed by atoms with Crippen LogP contribution in [0, 0.1) is 5.92 Å². The van der Waals surface area contributed by atoms with E-state index in [1.54, 1.807) is 12.1 Å². The van der Waals surface area contributed by atoms with Crippen molar-refractivity contribution in [2.75, 3.05) is 39.5 Å². The zero-order valence-electron chi connectivity index (χ0n) is 25.6. The van der Waals surface area contributed by atoms with E-state index in [-0.39, 0.29) is 23.5 Å². The molecule has 3 fully saturated rings. The van der Waals surface area contributed by atoms with Crippen molar-refractivity contribution in [2.24, 2.45) is 5.92 Å². The van der Waals surface area contributed by atoms with E-state index in [1.807, 2.05) is 24.3 Å². The van der Waals surface area contributed by atoms with Gasteiger partial charge in [-0.15, -0.1) is 0 Å². The van der Waals surface area contributed by atoms with E-state index in [0.29, 0.717) is 49.7 Å². The molecule has 4 aromatic rings. The Kier molecular flexibility index (Phi) is 8.16. The number of likely N-dealkylation sites (tertiary alicyclic amines) is 1. The summed E-state index contributed by atoms with van der Waals surface area (Å²) < 4.78 is 25.6. The largest absolute Gasteiger partial charge is 0.478 e. The molecule has 0 radical (unpaired) electrons. The molecule has 11 heteroatoms. The highest BCUT2D eigenvalue weighted by Crippen LogP contribution is 2.38. The maximum atomic E-state index is 11.7. The Bertz CT molecular complexity index is 1770. The summed E-state index contributed by atoms with van der Waals surface area (Å²) in [6, 6.07) is 15.4. The highest BCUT2D eigenvalue weighted by molar-refractivity contribution is 6.31. The SMILES string of the molecule is O=C(O)c1ccc2nc(CN3CC[C@H]4c5nc(OCc6ccc(C7COC7)cc6Cl)ccc5COC[C@H]4C3)n(C[C@@H]3CCO3)c2c1. The number of rotatable bonds is 9. The fourth-order valence-corrected chi connectivity index (χ4v) is 7.33. The smallest absolute Gasteiger partial charge is 0.335 e. The Balaban J connectivity index is 0.973. The van der Waals surface area contributed by atoms with Gasteiger partial charge in [-0.05, 0) is 60.8 Å². The molecule has 240 valence electrons. The van der Waals surface area contributed by atoms with Crippen LogP contribution < -0.4 is 4.74 Å². The first-order valence-corrected chi connectivity index (χ1v) is 16.5. The van der Waals surface area contributed by atoms with Crippen LogP contribution in [0.1, 0.15) is 63.2 Å². The summed E-state index contributed by atoms with van der Waals surface area (Å²) >= 11 is 6.61. The summed E-state index contributed by atoms with van der Waals surface area (Å²) in [7, 11) is 0. The number of aromatic nitrogens is 3. The van der Waals surface area contributed by atoms with E-state index < -0.39 is 5.97 Å². The van der Waals surface area contributed by atoms with Crippen LogP contribution in [0.3, 0.4) is 0 Å². The maximum absolute atomic E-state index is 11.7. The molecule has 6 heterocycles. The van der Waals surface area contributed by atoms with Crippen LogP contribution in [0.25, 0.3) is 11.0 Å². The standard InChI is InChI=1S/C35H37ClN4O6/c36-29-11-21(26-18-44-19-26)1-2-23(29)20-46-33-6-4-24-16-43-17-25-13-39(9-7-28(25)34(24)38-33)15-32-37-30-5-3-22(35(41)42)12-31(30)40(32)14-27-8-10-45-27/h1-6,11-12,25-28H,7-10,13-20H2,(H,41,42)/t25-,27+,28-/m1/s1. The summed E-state index contributed by atoms with van der Waals surface area (Å²) in [6.07, 6.45) is 2.07. The van der Waals surface area contributed by atoms with Crippen molar-refractivity contribution in [1.82, 2.24) is 19.4 Å². The van der Waals surface area contributed by atoms with Gasteiger partial charge < -0.3 is 28.6 Å². The molecule has 0 bridgehead atoms. The maximum Gasteiger partial charge on any atom is 0.335 e. The number of hydrogen-bond donors (Lipinski definition) is 1. The third-order valence-electron chi connectivity index (χ3n) is 9.93. The van der Waals surface area contributed by atoms with Gasteiger partial charge >= 0.3 is 5.97 Å². The number of hydrogen-bond acceptors (Lipinski definition) is 8. The minimum absolute atomic E-state index is 0.127. The minimum atomic E-state index is -0.938. The van der Waals surface area contributed by atoms with Crippen LogP contribution >= 0.6 is 11.6 Å². The van der Waals surface area contributed by atoms with Crippen LogP contribution in [0.4, 0.5) is 0 Å². The van der Waals surface area contributed by atoms with Crippen LogP contribution in [-0.4, -0.2) is 76.1 Å². The average molecular weight is 645 g/mol. The lowest BCUT2D eigenvalue weighted by Crippen LogP contribution is -2.41. The molecule has 3 atom stereocenters. The van der Waals surface area contributed by atoms with Crippen molar-refractivity contribution in [3.8, 4) is 5.88 Å². The van der Waals surface area contributed by atoms with Crippen LogP contribution in [0.2, 0.25) is 5.02 Å². The van der Waals surface area contributed by atoms with Gasteiger partial charge in [0.1, 0.15) is 12.4 Å². The van der Waals surface area contributed by atoms with Crippen molar-refractivity contribution in [2.45, 2.75) is 57.1 Å². The molecule has 0 unspecified atom stereocenters. The number of piperidine rings is 1. The molecular weight excluding hydrogens is 608 g/mol. The predicted molar refractivity (Wildman–Crippen MR) is 170 cm³/mol.